The molecule has 0 atom stereocenters. The van der Waals surface area contributed by atoms with Gasteiger partial charge in [0.1, 0.15) is 5.82 Å². The second kappa shape index (κ2) is 8.89. The smallest absolute Gasteiger partial charge is 0.255 e. The Hall–Kier alpha value is -4.20. The topological polar surface area (TPSA) is 111 Å². The first-order valence-corrected chi connectivity index (χ1v) is 10.3. The fourth-order valence-corrected chi connectivity index (χ4v) is 3.53. The first-order valence-electron chi connectivity index (χ1n) is 10.3. The van der Waals surface area contributed by atoms with Gasteiger partial charge in [0.05, 0.1) is 29.0 Å². The molecular formula is C24H25N7O. The van der Waals surface area contributed by atoms with Crippen LogP contribution < -0.4 is 16.4 Å². The Morgan fingerprint density at radius 3 is 2.66 bits per heavy atom. The Morgan fingerprint density at radius 1 is 1.06 bits per heavy atom. The average Bonchev–Trinajstić information content (AvgIpc) is 3.17. The maximum atomic E-state index is 12.7. The molecule has 162 valence electrons. The van der Waals surface area contributed by atoms with Crippen molar-refractivity contribution in [3.63, 3.8) is 0 Å². The van der Waals surface area contributed by atoms with E-state index in [4.69, 9.17) is 5.73 Å². The summed E-state index contributed by atoms with van der Waals surface area (Å²) in [6.07, 6.45) is 3.52. The Kier molecular flexibility index (Phi) is 5.85. The van der Waals surface area contributed by atoms with E-state index in [1.54, 1.807) is 36.5 Å². The molecule has 0 spiro atoms. The summed E-state index contributed by atoms with van der Waals surface area (Å²) in [5, 5.41) is 6.02. The van der Waals surface area contributed by atoms with E-state index in [2.05, 4.69) is 44.0 Å². The van der Waals surface area contributed by atoms with Gasteiger partial charge in [0.2, 0.25) is 5.95 Å². The van der Waals surface area contributed by atoms with Gasteiger partial charge in [-0.25, -0.2) is 15.0 Å². The number of nitrogens with one attached hydrogen (secondary N) is 2. The van der Waals surface area contributed by atoms with Crippen molar-refractivity contribution in [2.75, 3.05) is 16.4 Å². The summed E-state index contributed by atoms with van der Waals surface area (Å²) < 4.78 is 2.13. The highest BCUT2D eigenvalue weighted by molar-refractivity contribution is 6.06. The summed E-state index contributed by atoms with van der Waals surface area (Å²) in [5.74, 6) is 1.11. The molecule has 4 N–H and O–H groups in total. The van der Waals surface area contributed by atoms with Gasteiger partial charge in [-0.15, -0.1) is 0 Å². The van der Waals surface area contributed by atoms with Crippen LogP contribution in [-0.2, 0) is 0 Å². The van der Waals surface area contributed by atoms with Gasteiger partial charge in [-0.05, 0) is 57.2 Å². The van der Waals surface area contributed by atoms with Crippen LogP contribution in [0.4, 0.5) is 23.0 Å². The van der Waals surface area contributed by atoms with E-state index in [1.165, 1.54) is 0 Å². The molecule has 4 rings (SSSR count). The third-order valence-electron chi connectivity index (χ3n) is 5.01. The predicted octanol–water partition coefficient (Wildman–Crippen LogP) is 4.81. The van der Waals surface area contributed by atoms with Gasteiger partial charge < -0.3 is 20.9 Å². The molecule has 0 unspecified atom stereocenters. The van der Waals surface area contributed by atoms with Crippen LogP contribution in [0.2, 0.25) is 0 Å². The molecular weight excluding hydrogens is 402 g/mol. The van der Waals surface area contributed by atoms with Gasteiger partial charge in [0.25, 0.3) is 5.91 Å². The van der Waals surface area contributed by atoms with E-state index >= 15 is 0 Å². The number of carbonyl (C=O) groups is 1. The molecule has 1 amide bonds. The second-order valence-corrected chi connectivity index (χ2v) is 7.67. The van der Waals surface area contributed by atoms with E-state index in [-0.39, 0.29) is 11.9 Å². The number of anilines is 4. The van der Waals surface area contributed by atoms with Gasteiger partial charge in [-0.1, -0.05) is 18.2 Å². The summed E-state index contributed by atoms with van der Waals surface area (Å²) in [7, 11) is 0. The average molecular weight is 428 g/mol. The molecule has 0 radical (unpaired) electrons. The molecule has 0 saturated heterocycles. The number of imidazole rings is 1. The summed E-state index contributed by atoms with van der Waals surface area (Å²) >= 11 is 0. The van der Waals surface area contributed by atoms with E-state index in [0.29, 0.717) is 28.6 Å². The number of hydrogen-bond acceptors (Lipinski definition) is 6. The van der Waals surface area contributed by atoms with Crippen LogP contribution in [-0.4, -0.2) is 25.4 Å². The molecule has 0 saturated carbocycles. The van der Waals surface area contributed by atoms with Crippen LogP contribution in [0, 0.1) is 6.92 Å². The molecule has 8 heteroatoms. The predicted molar refractivity (Wildman–Crippen MR) is 127 cm³/mol. The lowest BCUT2D eigenvalue weighted by Gasteiger charge is -2.14. The molecule has 0 fully saturated rings. The van der Waals surface area contributed by atoms with Gasteiger partial charge >= 0.3 is 0 Å². The van der Waals surface area contributed by atoms with Gasteiger partial charge in [0, 0.05) is 23.5 Å². The number of benzene rings is 2. The van der Waals surface area contributed by atoms with Crippen LogP contribution >= 0.6 is 0 Å². The minimum Gasteiger partial charge on any atom is -0.397 e. The molecule has 0 aliphatic heterocycles. The number of aromatic nitrogens is 4. The lowest BCUT2D eigenvalue weighted by Crippen LogP contribution is -2.13. The standard InChI is InChI=1S/C24H25N7O/c1-15(2)31-16(3)27-14-22(31)21-11-12-26-24(30-21)28-18-8-6-7-17(13-18)23(32)29-20-10-5-4-9-19(20)25/h4-15H,25H2,1-3H3,(H,29,32)(H,26,28,30). The Bertz CT molecular complexity index is 1260. The number of aryl methyl sites for hydroxylation is 1. The summed E-state index contributed by atoms with van der Waals surface area (Å²) in [4.78, 5) is 26.1. The molecule has 2 aromatic carbocycles. The minimum absolute atomic E-state index is 0.252. The number of amides is 1. The van der Waals surface area contributed by atoms with E-state index < -0.39 is 0 Å². The lowest BCUT2D eigenvalue weighted by atomic mass is 10.1. The number of carbonyl (C=O) groups excluding carboxylic acids is 1. The molecule has 32 heavy (non-hydrogen) atoms. The Labute approximate surface area is 186 Å². The van der Waals surface area contributed by atoms with Crippen molar-refractivity contribution in [1.82, 2.24) is 19.5 Å². The number of nitrogen functional groups attached to an aromatic ring is 1. The van der Waals surface area contributed by atoms with Crippen molar-refractivity contribution in [2.45, 2.75) is 26.8 Å². The first-order chi connectivity index (χ1) is 15.4. The van der Waals surface area contributed by atoms with Crippen LogP contribution in [0.15, 0.2) is 67.0 Å². The normalized spacial score (nSPS) is 10.9. The first kappa shape index (κ1) is 21.0. The molecule has 2 aromatic heterocycles. The zero-order valence-electron chi connectivity index (χ0n) is 18.2. The van der Waals surface area contributed by atoms with Crippen LogP contribution in [0.3, 0.4) is 0 Å². The maximum absolute atomic E-state index is 12.7. The summed E-state index contributed by atoms with van der Waals surface area (Å²) in [6.45, 7) is 6.19. The van der Waals surface area contributed by atoms with E-state index in [1.807, 2.05) is 37.4 Å². The van der Waals surface area contributed by atoms with E-state index in [0.717, 1.165) is 17.2 Å². The van der Waals surface area contributed by atoms with Gasteiger partial charge in [-0.3, -0.25) is 4.79 Å². The second-order valence-electron chi connectivity index (χ2n) is 7.67. The SMILES string of the molecule is Cc1ncc(-c2ccnc(Nc3cccc(C(=O)Nc4ccccc4N)c3)n2)n1C(C)C. The van der Waals surface area contributed by atoms with Crippen molar-refractivity contribution in [3.05, 3.63) is 78.4 Å². The number of hydrogen-bond donors (Lipinski definition) is 3. The lowest BCUT2D eigenvalue weighted by molar-refractivity contribution is 0.102. The molecule has 0 aliphatic carbocycles. The minimum atomic E-state index is -0.252. The summed E-state index contributed by atoms with van der Waals surface area (Å²) in [6, 6.07) is 16.4. The molecule has 4 aromatic rings. The van der Waals surface area contributed by atoms with Crippen molar-refractivity contribution in [3.8, 4) is 11.4 Å². The number of nitrogens with zero attached hydrogens (tertiary/aromatic N) is 4. The monoisotopic (exact) mass is 427 g/mol. The van der Waals surface area contributed by atoms with Crippen molar-refractivity contribution >= 4 is 28.9 Å². The quantitative estimate of drug-likeness (QED) is 0.381. The van der Waals surface area contributed by atoms with Gasteiger partial charge in [0.15, 0.2) is 0 Å². The largest absolute Gasteiger partial charge is 0.397 e. The molecule has 0 bridgehead atoms. The van der Waals surface area contributed by atoms with Gasteiger partial charge in [-0.2, -0.15) is 0 Å². The third kappa shape index (κ3) is 4.44. The number of rotatable bonds is 6. The van der Waals surface area contributed by atoms with Crippen LogP contribution in [0.1, 0.15) is 36.1 Å². The Morgan fingerprint density at radius 2 is 1.88 bits per heavy atom. The molecule has 8 nitrogen and oxygen atoms in total. The third-order valence-corrected chi connectivity index (χ3v) is 5.01. The Balaban J connectivity index is 1.55. The zero-order chi connectivity index (χ0) is 22.7. The van der Waals surface area contributed by atoms with Crippen molar-refractivity contribution < 1.29 is 4.79 Å². The van der Waals surface area contributed by atoms with Crippen molar-refractivity contribution in [1.29, 1.82) is 0 Å². The number of para-hydroxylation sites is 2. The highest BCUT2D eigenvalue weighted by Crippen LogP contribution is 2.24. The maximum Gasteiger partial charge on any atom is 0.255 e. The van der Waals surface area contributed by atoms with E-state index in [9.17, 15) is 4.79 Å². The number of nitrogens with two attached hydrogens (primary N) is 1. The van der Waals surface area contributed by atoms with Crippen LogP contribution in [0.25, 0.3) is 11.4 Å². The molecule has 0 aliphatic rings. The molecule has 2 heterocycles. The fourth-order valence-electron chi connectivity index (χ4n) is 3.53. The summed E-state index contributed by atoms with van der Waals surface area (Å²) in [5.41, 5.74) is 9.89. The highest BCUT2D eigenvalue weighted by Gasteiger charge is 2.14. The fraction of sp³-hybridized carbons (Fsp3) is 0.167. The zero-order valence-corrected chi connectivity index (χ0v) is 18.2. The van der Waals surface area contributed by atoms with Crippen molar-refractivity contribution in [2.24, 2.45) is 0 Å². The van der Waals surface area contributed by atoms with Crippen LogP contribution in [0.5, 0.6) is 0 Å². The highest BCUT2D eigenvalue weighted by atomic mass is 16.1.